The molecule has 1 N–H and O–H groups in total. The maximum atomic E-state index is 12.4. The van der Waals surface area contributed by atoms with Gasteiger partial charge in [-0.15, -0.1) is 21.5 Å². The molecule has 0 atom stereocenters. The molecule has 0 aliphatic heterocycles. The number of carbonyl (C=O) groups excluding carboxylic acids is 1. The highest BCUT2D eigenvalue weighted by molar-refractivity contribution is 8.00. The number of aromatic nitrogens is 5. The predicted octanol–water partition coefficient (Wildman–Crippen LogP) is 5.20. The van der Waals surface area contributed by atoms with E-state index in [4.69, 9.17) is 9.51 Å². The number of amides is 1. The van der Waals surface area contributed by atoms with Gasteiger partial charge in [-0.05, 0) is 31.2 Å². The third kappa shape index (κ3) is 5.10. The Morgan fingerprint density at radius 3 is 2.70 bits per heavy atom. The molecule has 0 aliphatic carbocycles. The third-order valence-electron chi connectivity index (χ3n) is 4.54. The number of aryl methyl sites for hydroxylation is 1. The van der Waals surface area contributed by atoms with Crippen molar-refractivity contribution >= 4 is 56.8 Å². The molecule has 8 nitrogen and oxygen atoms in total. The second-order valence-corrected chi connectivity index (χ2v) is 10.2. The summed E-state index contributed by atoms with van der Waals surface area (Å²) in [5.74, 6) is 2.41. The quantitative estimate of drug-likeness (QED) is 0.294. The Balaban J connectivity index is 1.33. The molecular formula is C22H18N6O2S3. The van der Waals surface area contributed by atoms with Gasteiger partial charge in [0, 0.05) is 11.8 Å². The molecule has 3 heterocycles. The number of anilines is 1. The molecule has 0 bridgehead atoms. The van der Waals surface area contributed by atoms with Crippen molar-refractivity contribution in [1.29, 1.82) is 0 Å². The SMILES string of the molecule is Cc1cc(NC(=O)CSc2nnc(CSc3nc4ccccc4s3)n2-c2ccccc2)no1. The molecule has 3 aromatic heterocycles. The van der Waals surface area contributed by atoms with Gasteiger partial charge in [0.05, 0.1) is 21.7 Å². The predicted molar refractivity (Wildman–Crippen MR) is 131 cm³/mol. The van der Waals surface area contributed by atoms with Crippen molar-refractivity contribution in [1.82, 2.24) is 24.9 Å². The van der Waals surface area contributed by atoms with E-state index >= 15 is 0 Å². The summed E-state index contributed by atoms with van der Waals surface area (Å²) in [5, 5.41) is 15.9. The van der Waals surface area contributed by atoms with Crippen LogP contribution >= 0.6 is 34.9 Å². The molecule has 0 unspecified atom stereocenters. The normalized spacial score (nSPS) is 11.2. The minimum atomic E-state index is -0.193. The van der Waals surface area contributed by atoms with Crippen molar-refractivity contribution in [3.63, 3.8) is 0 Å². The molecule has 5 aromatic rings. The number of carbonyl (C=O) groups is 1. The minimum Gasteiger partial charge on any atom is -0.360 e. The van der Waals surface area contributed by atoms with E-state index in [1.165, 1.54) is 11.8 Å². The molecule has 2 aromatic carbocycles. The summed E-state index contributed by atoms with van der Waals surface area (Å²) >= 11 is 4.61. The zero-order valence-electron chi connectivity index (χ0n) is 17.5. The van der Waals surface area contributed by atoms with Crippen LogP contribution in [0.4, 0.5) is 5.82 Å². The zero-order valence-corrected chi connectivity index (χ0v) is 19.9. The second-order valence-electron chi connectivity index (χ2n) is 6.97. The van der Waals surface area contributed by atoms with Crippen LogP contribution < -0.4 is 5.32 Å². The highest BCUT2D eigenvalue weighted by Gasteiger charge is 2.17. The smallest absolute Gasteiger partial charge is 0.236 e. The number of para-hydroxylation sites is 2. The molecule has 0 aliphatic rings. The maximum Gasteiger partial charge on any atom is 0.236 e. The first-order chi connectivity index (χ1) is 16.2. The van der Waals surface area contributed by atoms with E-state index in [9.17, 15) is 4.79 Å². The lowest BCUT2D eigenvalue weighted by Crippen LogP contribution is -2.14. The lowest BCUT2D eigenvalue weighted by molar-refractivity contribution is -0.113. The van der Waals surface area contributed by atoms with E-state index in [0.717, 1.165) is 26.1 Å². The monoisotopic (exact) mass is 494 g/mol. The van der Waals surface area contributed by atoms with E-state index in [0.29, 0.717) is 22.5 Å². The molecule has 166 valence electrons. The average Bonchev–Trinajstić information content (AvgIpc) is 3.54. The van der Waals surface area contributed by atoms with Crippen LogP contribution in [0.5, 0.6) is 0 Å². The topological polar surface area (TPSA) is 98.7 Å². The van der Waals surface area contributed by atoms with Gasteiger partial charge in [-0.1, -0.05) is 59.0 Å². The molecule has 0 radical (unpaired) electrons. The van der Waals surface area contributed by atoms with Crippen LogP contribution in [0.25, 0.3) is 15.9 Å². The number of thioether (sulfide) groups is 2. The average molecular weight is 495 g/mol. The van der Waals surface area contributed by atoms with Crippen LogP contribution in [0.1, 0.15) is 11.6 Å². The van der Waals surface area contributed by atoms with Crippen LogP contribution in [0.3, 0.4) is 0 Å². The van der Waals surface area contributed by atoms with E-state index in [1.807, 2.05) is 53.1 Å². The van der Waals surface area contributed by atoms with Crippen LogP contribution in [-0.4, -0.2) is 36.6 Å². The van der Waals surface area contributed by atoms with E-state index in [2.05, 4.69) is 26.7 Å². The molecule has 0 spiro atoms. The first-order valence-electron chi connectivity index (χ1n) is 10.00. The van der Waals surface area contributed by atoms with E-state index in [-0.39, 0.29) is 11.7 Å². The standard InChI is InChI=1S/C22H18N6O2S3/c1-14-11-18(27-30-14)24-20(29)13-31-21-26-25-19(28(21)15-7-3-2-4-8-15)12-32-22-23-16-9-5-6-10-17(16)33-22/h2-11H,12-13H2,1H3,(H,24,27,29). The van der Waals surface area contributed by atoms with Crippen LogP contribution in [0, 0.1) is 6.92 Å². The number of nitrogens with one attached hydrogen (secondary N) is 1. The molecule has 1 amide bonds. The second kappa shape index (κ2) is 9.77. The van der Waals surface area contributed by atoms with Crippen molar-refractivity contribution in [3.05, 3.63) is 72.2 Å². The summed E-state index contributed by atoms with van der Waals surface area (Å²) in [7, 11) is 0. The number of fused-ring (bicyclic) bond motifs is 1. The van der Waals surface area contributed by atoms with Gasteiger partial charge in [-0.2, -0.15) is 0 Å². The Morgan fingerprint density at radius 1 is 1.09 bits per heavy atom. The fraction of sp³-hybridized carbons (Fsp3) is 0.136. The van der Waals surface area contributed by atoms with Gasteiger partial charge >= 0.3 is 0 Å². The highest BCUT2D eigenvalue weighted by atomic mass is 32.2. The van der Waals surface area contributed by atoms with Crippen LogP contribution in [0.15, 0.2) is 74.7 Å². The summed E-state index contributed by atoms with van der Waals surface area (Å²) in [6, 6.07) is 19.7. The van der Waals surface area contributed by atoms with Crippen LogP contribution in [0.2, 0.25) is 0 Å². The molecule has 11 heteroatoms. The number of nitrogens with zero attached hydrogens (tertiary/aromatic N) is 5. The summed E-state index contributed by atoms with van der Waals surface area (Å²) in [6.07, 6.45) is 0. The molecule has 33 heavy (non-hydrogen) atoms. The fourth-order valence-corrected chi connectivity index (χ4v) is 5.85. The van der Waals surface area contributed by atoms with Gasteiger partial charge < -0.3 is 9.84 Å². The third-order valence-corrected chi connectivity index (χ3v) is 7.65. The van der Waals surface area contributed by atoms with Crippen molar-refractivity contribution in [2.75, 3.05) is 11.1 Å². The number of rotatable bonds is 8. The van der Waals surface area contributed by atoms with Gasteiger partial charge in [0.25, 0.3) is 0 Å². The number of benzene rings is 2. The zero-order chi connectivity index (χ0) is 22.6. The lowest BCUT2D eigenvalue weighted by atomic mass is 10.3. The van der Waals surface area contributed by atoms with Gasteiger partial charge in [0.2, 0.25) is 5.91 Å². The number of hydrogen-bond acceptors (Lipinski definition) is 9. The fourth-order valence-electron chi connectivity index (χ4n) is 3.10. The van der Waals surface area contributed by atoms with Gasteiger partial charge in [0.1, 0.15) is 11.6 Å². The molecule has 0 saturated carbocycles. The Bertz CT molecular complexity index is 1360. The van der Waals surface area contributed by atoms with Crippen molar-refractivity contribution in [2.45, 2.75) is 22.2 Å². The van der Waals surface area contributed by atoms with Crippen molar-refractivity contribution < 1.29 is 9.32 Å². The largest absolute Gasteiger partial charge is 0.360 e. The summed E-state index contributed by atoms with van der Waals surface area (Å²) in [4.78, 5) is 17.1. The van der Waals surface area contributed by atoms with Crippen molar-refractivity contribution in [3.8, 4) is 5.69 Å². The summed E-state index contributed by atoms with van der Waals surface area (Å²) < 4.78 is 9.11. The Labute approximate surface area is 201 Å². The Morgan fingerprint density at radius 2 is 1.91 bits per heavy atom. The highest BCUT2D eigenvalue weighted by Crippen LogP contribution is 2.32. The van der Waals surface area contributed by atoms with Gasteiger partial charge in [-0.25, -0.2) is 4.98 Å². The first kappa shape index (κ1) is 21.7. The molecule has 5 rings (SSSR count). The van der Waals surface area contributed by atoms with Crippen LogP contribution in [-0.2, 0) is 10.5 Å². The van der Waals surface area contributed by atoms with Gasteiger partial charge in [-0.3, -0.25) is 9.36 Å². The minimum absolute atomic E-state index is 0.169. The maximum absolute atomic E-state index is 12.4. The molecule has 0 saturated heterocycles. The Kier molecular flexibility index (Phi) is 6.42. The molecule has 0 fully saturated rings. The van der Waals surface area contributed by atoms with Gasteiger partial charge in [0.15, 0.2) is 15.3 Å². The summed E-state index contributed by atoms with van der Waals surface area (Å²) in [6.45, 7) is 1.77. The molecular weight excluding hydrogens is 476 g/mol. The number of thiazole rings is 1. The van der Waals surface area contributed by atoms with E-state index in [1.54, 1.807) is 36.1 Å². The number of hydrogen-bond donors (Lipinski definition) is 1. The summed E-state index contributed by atoms with van der Waals surface area (Å²) in [5.41, 5.74) is 1.94. The lowest BCUT2D eigenvalue weighted by Gasteiger charge is -2.09. The first-order valence-corrected chi connectivity index (χ1v) is 12.8. The van der Waals surface area contributed by atoms with E-state index < -0.39 is 0 Å². The Hall–Kier alpha value is -3.15. The van der Waals surface area contributed by atoms with Crippen molar-refractivity contribution in [2.24, 2.45) is 0 Å².